The Bertz CT molecular complexity index is 656. The molecule has 108 valence electrons. The number of likely N-dealkylation sites (N-methyl/N-ethyl adjacent to an activating group) is 1. The molecule has 0 spiro atoms. The summed E-state index contributed by atoms with van der Waals surface area (Å²) < 4.78 is 31.4. The molecule has 0 atom stereocenters. The fourth-order valence-corrected chi connectivity index (χ4v) is 4.07. The molecule has 0 radical (unpaired) electrons. The van der Waals surface area contributed by atoms with Crippen LogP contribution in [0.2, 0.25) is 5.02 Å². The molecule has 1 aromatic heterocycles. The summed E-state index contributed by atoms with van der Waals surface area (Å²) in [6, 6.07) is 10.3. The molecule has 0 aliphatic carbocycles. The lowest BCUT2D eigenvalue weighted by atomic mass is 10.3. The Morgan fingerprint density at radius 3 is 2.75 bits per heavy atom. The van der Waals surface area contributed by atoms with Crippen molar-refractivity contribution in [1.82, 2.24) is 4.31 Å². The second kappa shape index (κ2) is 6.58. The molecule has 0 bridgehead atoms. The molecule has 2 rings (SSSR count). The lowest BCUT2D eigenvalue weighted by molar-refractivity contribution is 0.287. The third-order valence-corrected chi connectivity index (χ3v) is 6.10. The lowest BCUT2D eigenvalue weighted by Gasteiger charge is -2.16. The summed E-state index contributed by atoms with van der Waals surface area (Å²) in [5, 5.41) is 2.32. The number of ether oxygens (including phenoxy) is 1. The minimum absolute atomic E-state index is 0.265. The molecule has 20 heavy (non-hydrogen) atoms. The fraction of sp³-hybridized carbons (Fsp3) is 0.231. The maximum Gasteiger partial charge on any atom is 0.252 e. The number of hydrogen-bond donors (Lipinski definition) is 0. The molecule has 1 heterocycles. The quantitative estimate of drug-likeness (QED) is 0.817. The second-order valence-electron chi connectivity index (χ2n) is 4.06. The van der Waals surface area contributed by atoms with Crippen LogP contribution >= 0.6 is 22.9 Å². The van der Waals surface area contributed by atoms with Crippen LogP contribution in [0, 0.1) is 0 Å². The summed E-state index contributed by atoms with van der Waals surface area (Å²) >= 11 is 7.04. The highest BCUT2D eigenvalue weighted by molar-refractivity contribution is 7.91. The summed E-state index contributed by atoms with van der Waals surface area (Å²) in [7, 11) is -1.87. The Morgan fingerprint density at radius 2 is 2.10 bits per heavy atom. The molecule has 0 aliphatic rings. The average molecular weight is 332 g/mol. The highest BCUT2D eigenvalue weighted by atomic mass is 35.5. The highest BCUT2D eigenvalue weighted by Gasteiger charge is 2.21. The van der Waals surface area contributed by atoms with E-state index >= 15 is 0 Å². The van der Waals surface area contributed by atoms with Gasteiger partial charge in [0.05, 0.1) is 0 Å². The van der Waals surface area contributed by atoms with Crippen LogP contribution in [-0.4, -0.2) is 32.9 Å². The minimum atomic E-state index is -3.41. The predicted molar refractivity (Wildman–Crippen MR) is 81.1 cm³/mol. The third-order valence-electron chi connectivity index (χ3n) is 2.63. The molecule has 0 N–H and O–H groups in total. The molecule has 1 aromatic carbocycles. The molecule has 0 aliphatic heterocycles. The van der Waals surface area contributed by atoms with E-state index in [1.165, 1.54) is 22.7 Å². The van der Waals surface area contributed by atoms with E-state index in [4.69, 9.17) is 16.3 Å². The molecule has 0 amide bonds. The largest absolute Gasteiger partial charge is 0.492 e. The van der Waals surface area contributed by atoms with Gasteiger partial charge in [0.25, 0.3) is 10.0 Å². The van der Waals surface area contributed by atoms with Crippen molar-refractivity contribution < 1.29 is 13.2 Å². The van der Waals surface area contributed by atoms with Crippen LogP contribution in [0.15, 0.2) is 46.0 Å². The SMILES string of the molecule is CN(CCOc1cccc(Cl)c1)S(=O)(=O)c1cccs1. The van der Waals surface area contributed by atoms with Crippen LogP contribution in [0.4, 0.5) is 0 Å². The first-order valence-corrected chi connectivity index (χ1v) is 8.58. The van der Waals surface area contributed by atoms with Gasteiger partial charge in [-0.1, -0.05) is 23.7 Å². The van der Waals surface area contributed by atoms with Gasteiger partial charge in [-0.25, -0.2) is 8.42 Å². The smallest absolute Gasteiger partial charge is 0.252 e. The van der Waals surface area contributed by atoms with Gasteiger partial charge < -0.3 is 4.74 Å². The lowest BCUT2D eigenvalue weighted by Crippen LogP contribution is -2.30. The van der Waals surface area contributed by atoms with Crippen molar-refractivity contribution in [1.29, 1.82) is 0 Å². The normalized spacial score (nSPS) is 11.8. The van der Waals surface area contributed by atoms with E-state index in [0.29, 0.717) is 15.0 Å². The van der Waals surface area contributed by atoms with E-state index in [1.807, 2.05) is 0 Å². The van der Waals surface area contributed by atoms with Gasteiger partial charge >= 0.3 is 0 Å². The van der Waals surface area contributed by atoms with Crippen LogP contribution in [0.3, 0.4) is 0 Å². The van der Waals surface area contributed by atoms with Gasteiger partial charge in [0, 0.05) is 18.6 Å². The van der Waals surface area contributed by atoms with Crippen LogP contribution < -0.4 is 4.74 Å². The molecule has 7 heteroatoms. The number of halogens is 1. The van der Waals surface area contributed by atoms with Crippen molar-refractivity contribution in [3.05, 3.63) is 46.8 Å². The van der Waals surface area contributed by atoms with Gasteiger partial charge in [0.1, 0.15) is 16.6 Å². The van der Waals surface area contributed by atoms with E-state index in [9.17, 15) is 8.42 Å². The van der Waals surface area contributed by atoms with Crippen molar-refractivity contribution in [2.75, 3.05) is 20.2 Å². The summed E-state index contributed by atoms with van der Waals surface area (Å²) in [4.78, 5) is 0. The maximum atomic E-state index is 12.1. The molecule has 4 nitrogen and oxygen atoms in total. The van der Waals surface area contributed by atoms with Crippen molar-refractivity contribution >= 4 is 33.0 Å². The Kier molecular flexibility index (Phi) is 5.04. The topological polar surface area (TPSA) is 46.6 Å². The van der Waals surface area contributed by atoms with E-state index in [-0.39, 0.29) is 13.2 Å². The molecule has 0 fully saturated rings. The van der Waals surface area contributed by atoms with Gasteiger partial charge in [-0.2, -0.15) is 4.31 Å². The first kappa shape index (κ1) is 15.3. The summed E-state index contributed by atoms with van der Waals surface area (Å²) in [6.45, 7) is 0.536. The van der Waals surface area contributed by atoms with E-state index < -0.39 is 10.0 Å². The van der Waals surface area contributed by atoms with E-state index in [0.717, 1.165) is 0 Å². The van der Waals surface area contributed by atoms with Gasteiger partial charge in [-0.3, -0.25) is 0 Å². The third kappa shape index (κ3) is 3.73. The van der Waals surface area contributed by atoms with Crippen molar-refractivity contribution in [3.63, 3.8) is 0 Å². The predicted octanol–water partition coefficient (Wildman–Crippen LogP) is 3.10. The molecule has 0 saturated heterocycles. The van der Waals surface area contributed by atoms with Gasteiger partial charge in [-0.05, 0) is 29.6 Å². The first-order valence-electron chi connectivity index (χ1n) is 5.88. The zero-order valence-corrected chi connectivity index (χ0v) is 13.2. The standard InChI is InChI=1S/C13H14ClNO3S2/c1-15(20(16,17)13-6-3-9-19-13)7-8-18-12-5-2-4-11(14)10-12/h2-6,9-10H,7-8H2,1H3. The van der Waals surface area contributed by atoms with Gasteiger partial charge in [0.2, 0.25) is 0 Å². The number of thiophene rings is 1. The molecule has 0 unspecified atom stereocenters. The van der Waals surface area contributed by atoms with Crippen LogP contribution in [0.5, 0.6) is 5.75 Å². The minimum Gasteiger partial charge on any atom is -0.492 e. The van der Waals surface area contributed by atoms with Crippen LogP contribution in [0.1, 0.15) is 0 Å². The Labute approximate surface area is 127 Å². The fourth-order valence-electron chi connectivity index (χ4n) is 1.53. The first-order chi connectivity index (χ1) is 9.50. The molecular weight excluding hydrogens is 318 g/mol. The number of hydrogen-bond acceptors (Lipinski definition) is 4. The summed E-state index contributed by atoms with van der Waals surface area (Å²) in [5.41, 5.74) is 0. The maximum absolute atomic E-state index is 12.1. The van der Waals surface area contributed by atoms with Crippen LogP contribution in [-0.2, 0) is 10.0 Å². The molecular formula is C13H14ClNO3S2. The second-order valence-corrected chi connectivity index (χ2v) is 7.72. The monoisotopic (exact) mass is 331 g/mol. The summed E-state index contributed by atoms with van der Waals surface area (Å²) in [5.74, 6) is 0.624. The van der Waals surface area contributed by atoms with E-state index in [2.05, 4.69) is 0 Å². The number of rotatable bonds is 6. The van der Waals surface area contributed by atoms with Gasteiger partial charge in [0.15, 0.2) is 0 Å². The zero-order chi connectivity index (χ0) is 14.6. The Balaban J connectivity index is 1.91. The Hall–Kier alpha value is -1.08. The number of sulfonamides is 1. The number of nitrogens with zero attached hydrogens (tertiary/aromatic N) is 1. The van der Waals surface area contributed by atoms with Crippen molar-refractivity contribution in [2.24, 2.45) is 0 Å². The zero-order valence-electron chi connectivity index (χ0n) is 10.8. The van der Waals surface area contributed by atoms with Crippen molar-refractivity contribution in [2.45, 2.75) is 4.21 Å². The highest BCUT2D eigenvalue weighted by Crippen LogP contribution is 2.20. The van der Waals surface area contributed by atoms with E-state index in [1.54, 1.807) is 41.8 Å². The number of benzene rings is 1. The Morgan fingerprint density at radius 1 is 1.30 bits per heavy atom. The molecule has 0 saturated carbocycles. The van der Waals surface area contributed by atoms with Crippen LogP contribution in [0.25, 0.3) is 0 Å². The molecule has 2 aromatic rings. The van der Waals surface area contributed by atoms with Gasteiger partial charge in [-0.15, -0.1) is 11.3 Å². The summed E-state index contributed by atoms with van der Waals surface area (Å²) in [6.07, 6.45) is 0. The average Bonchev–Trinajstić information content (AvgIpc) is 2.93. The van der Waals surface area contributed by atoms with Crippen molar-refractivity contribution in [3.8, 4) is 5.75 Å².